The number of Topliss-reactive ketones (excluding diaryl/α,β-unsaturated/α-hetero) is 1. The molecule has 4 aromatic carbocycles. The number of alkyl halides is 3. The third-order valence-corrected chi connectivity index (χ3v) is 22.5. The van der Waals surface area contributed by atoms with E-state index < -0.39 is 132 Å². The van der Waals surface area contributed by atoms with Crippen LogP contribution in [0.3, 0.4) is 0 Å². The van der Waals surface area contributed by atoms with Crippen LogP contribution in [-0.2, 0) is 61.9 Å². The maximum atomic E-state index is 14.9. The van der Waals surface area contributed by atoms with E-state index >= 15 is 0 Å². The van der Waals surface area contributed by atoms with Crippen LogP contribution in [0, 0.1) is 40.7 Å². The Morgan fingerprint density at radius 3 is 1.04 bits per heavy atom. The topological polar surface area (TPSA) is 353 Å². The van der Waals surface area contributed by atoms with E-state index in [1.165, 1.54) is 128 Å². The van der Waals surface area contributed by atoms with Crippen LogP contribution in [0.4, 0.5) is 119 Å². The molecule has 0 spiro atoms. The van der Waals surface area contributed by atoms with Crippen LogP contribution in [0.25, 0.3) is 44.5 Å². The highest BCUT2D eigenvalue weighted by Crippen LogP contribution is 2.41. The molecule has 690 valence electrons. The number of cyclic esters (lactones) is 4. The van der Waals surface area contributed by atoms with Crippen LogP contribution in [0.1, 0.15) is 71.1 Å². The monoisotopic (exact) mass is 1830 g/mol. The third kappa shape index (κ3) is 20.9. The van der Waals surface area contributed by atoms with E-state index in [2.05, 4.69) is 34.1 Å². The van der Waals surface area contributed by atoms with Gasteiger partial charge in [0.15, 0.2) is 41.1 Å². The van der Waals surface area contributed by atoms with Gasteiger partial charge in [0.2, 0.25) is 0 Å². The zero-order valence-electron chi connectivity index (χ0n) is 71.0. The van der Waals surface area contributed by atoms with Gasteiger partial charge in [-0.15, -0.1) is 0 Å². The average molecular weight is 1830 g/mol. The highest BCUT2D eigenvalue weighted by molar-refractivity contribution is 6.01. The van der Waals surface area contributed by atoms with E-state index in [4.69, 9.17) is 18.9 Å². The normalized spacial score (nSPS) is 19.2. The standard InChI is InChI=1S/C22H19F4N3O5.C22H20F3N3O5.C22H22F2N4O4.C22H23FN4O5/c1-33-17(30)7-3-13-11-29(21(32)34-13)15-5-4-14(18(23)19(15)24)12-2-6-16(27-10-12)28-9-8-22(25,26)20(28)31;1-32-18(29)7-3-13-11-28(22(31)33-13)16-5-4-14(19(24)20(16)25)12-2-6-17(26-10-12)27-9-8-15(23)21(27)30;1-13(29)3-5-15-12-28(22(31)32-15)17-7-6-16(19(23)20(17)24)14-4-8-18(25-11-14)27-10-9-26(2)21(27)30;1-25-9-10-26(21(25)29)19-7-3-14(12-24-19)17-6-4-15(11-18(17)23)27-13-16(32-22(27)30)5-8-20(28)31-2/h2,4-6,10,13H,3,7-9,11H2,1H3;2,4-6,10,13,15H,3,7-9,11H2,1H3;4,6-8,11,15H,3,5,9-10,12H2,1-2H3;3-4,6-7,11-12,16H,5,8-10,13H2,1-2H3/t13-;13-,15?;15-;16-/m0000/s1. The first-order valence-electron chi connectivity index (χ1n) is 41.0. The molecule has 1 unspecified atom stereocenters. The summed E-state index contributed by atoms with van der Waals surface area (Å²) in [5.41, 5.74) is 0.832. The second-order valence-electron chi connectivity index (χ2n) is 31.0. The van der Waals surface area contributed by atoms with Crippen molar-refractivity contribution in [2.75, 3.05) is 140 Å². The van der Waals surface area contributed by atoms with E-state index in [0.717, 1.165) is 25.8 Å². The number of hydrogen-bond donors (Lipinski definition) is 0. The molecular weight excluding hydrogens is 1750 g/mol. The molecule has 0 saturated carbocycles. The molecule has 16 rings (SSSR count). The Bertz CT molecular complexity index is 5740. The van der Waals surface area contributed by atoms with E-state index in [0.29, 0.717) is 73.0 Å². The number of carbonyl (C=O) groups is 12. The van der Waals surface area contributed by atoms with Crippen LogP contribution in [0.5, 0.6) is 0 Å². The zero-order valence-corrected chi connectivity index (χ0v) is 71.0. The molecule has 43 heteroatoms. The first-order chi connectivity index (χ1) is 62.5. The predicted molar refractivity (Wildman–Crippen MR) is 447 cm³/mol. The number of halogens is 10. The summed E-state index contributed by atoms with van der Waals surface area (Å²) < 4.78 is 179. The summed E-state index contributed by atoms with van der Waals surface area (Å²) in [6, 6.07) is 23.9. The summed E-state index contributed by atoms with van der Waals surface area (Å²) in [7, 11) is 7.18. The number of urea groups is 2. The molecule has 0 bridgehead atoms. The Kier molecular flexibility index (Phi) is 29.0. The van der Waals surface area contributed by atoms with Gasteiger partial charge in [0.25, 0.3) is 11.8 Å². The maximum Gasteiger partial charge on any atom is 0.414 e. The van der Waals surface area contributed by atoms with E-state index in [1.807, 2.05) is 0 Å². The third-order valence-electron chi connectivity index (χ3n) is 22.5. The van der Waals surface area contributed by atoms with Crippen molar-refractivity contribution in [3.63, 3.8) is 0 Å². The molecule has 8 aromatic rings. The molecule has 8 saturated heterocycles. The van der Waals surface area contributed by atoms with Gasteiger partial charge in [-0.05, 0) is 136 Å². The lowest BCUT2D eigenvalue weighted by Crippen LogP contribution is -2.33. The van der Waals surface area contributed by atoms with Crippen LogP contribution in [0.2, 0.25) is 0 Å². The fourth-order valence-electron chi connectivity index (χ4n) is 15.1. The number of anilines is 8. The number of ether oxygens (including phenoxy) is 7. The summed E-state index contributed by atoms with van der Waals surface area (Å²) >= 11 is 0. The van der Waals surface area contributed by atoms with Crippen molar-refractivity contribution in [1.82, 2.24) is 29.7 Å². The number of esters is 3. The average Bonchev–Trinajstić information content (AvgIpc) is 1.72. The summed E-state index contributed by atoms with van der Waals surface area (Å²) in [5.74, 6) is -13.5. The van der Waals surface area contributed by atoms with Gasteiger partial charge in [-0.3, -0.25) is 63.2 Å². The Labute approximate surface area is 740 Å². The van der Waals surface area contributed by atoms with Gasteiger partial charge in [-0.2, -0.15) is 8.78 Å². The van der Waals surface area contributed by atoms with Crippen LogP contribution in [0.15, 0.2) is 128 Å². The minimum atomic E-state index is -3.46. The number of likely N-dealkylation sites (N-methyl/N-ethyl adjacent to an activating group) is 2. The Hall–Kier alpha value is -14.6. The lowest BCUT2D eigenvalue weighted by atomic mass is 10.1. The van der Waals surface area contributed by atoms with Crippen molar-refractivity contribution in [3.05, 3.63) is 169 Å². The zero-order chi connectivity index (χ0) is 94.1. The Morgan fingerprint density at radius 1 is 0.397 bits per heavy atom. The number of ketones is 1. The summed E-state index contributed by atoms with van der Waals surface area (Å²) in [5, 5.41) is 0. The lowest BCUT2D eigenvalue weighted by molar-refractivity contribution is -0.142. The van der Waals surface area contributed by atoms with Gasteiger partial charge in [0, 0.05) is 161 Å². The van der Waals surface area contributed by atoms with Gasteiger partial charge in [0.1, 0.15) is 59.3 Å². The summed E-state index contributed by atoms with van der Waals surface area (Å²) in [6.45, 7) is 3.83. The molecule has 10 amide bonds. The molecule has 8 aliphatic heterocycles. The molecule has 5 atom stereocenters. The quantitative estimate of drug-likeness (QED) is 0.0308. The molecule has 0 radical (unpaired) electrons. The number of pyridine rings is 4. The van der Waals surface area contributed by atoms with Crippen molar-refractivity contribution >= 4 is 118 Å². The van der Waals surface area contributed by atoms with Crippen molar-refractivity contribution in [2.24, 2.45) is 0 Å². The van der Waals surface area contributed by atoms with Gasteiger partial charge >= 0.3 is 60.3 Å². The largest absolute Gasteiger partial charge is 0.469 e. The van der Waals surface area contributed by atoms with Crippen LogP contribution < -0.4 is 39.2 Å². The van der Waals surface area contributed by atoms with Crippen LogP contribution >= 0.6 is 0 Å². The van der Waals surface area contributed by atoms with Crippen LogP contribution in [-0.4, -0.2) is 239 Å². The molecule has 131 heavy (non-hydrogen) atoms. The smallest absolute Gasteiger partial charge is 0.414 e. The molecule has 33 nitrogen and oxygen atoms in total. The van der Waals surface area contributed by atoms with Gasteiger partial charge in [0.05, 0.1) is 70.3 Å². The lowest BCUT2D eigenvalue weighted by Gasteiger charge is -2.17. The van der Waals surface area contributed by atoms with Gasteiger partial charge in [-0.1, -0.05) is 0 Å². The SMILES string of the molecule is CC(=O)CC[C@H]1CN(c2ccc(-c3ccc(N4CCN(C)C4=O)nc3)c(F)c2F)C(=O)O1.COC(=O)CC[C@H]1CN(c2ccc(-c3ccc(N4CCC(F)(F)C4=O)nc3)c(F)c2F)C(=O)O1.COC(=O)CC[C@H]1CN(c2ccc(-c3ccc(N4CCC(F)C4=O)nc3)c(F)c2F)C(=O)O1.COC(=O)CC[C@H]1CN(c2ccc(-c3ccc(N4CCN(C)C4=O)nc3)c(F)c2)C(=O)O1. The van der Waals surface area contributed by atoms with E-state index in [1.54, 1.807) is 65.2 Å². The number of benzene rings is 4. The number of nitrogens with zero attached hydrogens (tertiary/aromatic N) is 14. The minimum Gasteiger partial charge on any atom is -0.469 e. The van der Waals surface area contributed by atoms with Gasteiger partial charge < -0.3 is 47.8 Å². The number of amides is 10. The van der Waals surface area contributed by atoms with Crippen molar-refractivity contribution in [2.45, 2.75) is 108 Å². The summed E-state index contributed by atoms with van der Waals surface area (Å²) in [6.07, 6.45) is -0.850. The minimum absolute atomic E-state index is 0.00172. The molecule has 4 aromatic heterocycles. The van der Waals surface area contributed by atoms with Crippen molar-refractivity contribution in [1.29, 1.82) is 0 Å². The first kappa shape index (κ1) is 94.0. The number of aromatic nitrogens is 4. The first-order valence-corrected chi connectivity index (χ1v) is 41.0. The summed E-state index contributed by atoms with van der Waals surface area (Å²) in [4.78, 5) is 170. The predicted octanol–water partition coefficient (Wildman–Crippen LogP) is 13.7. The Balaban J connectivity index is 0.000000149. The molecule has 8 aliphatic rings. The molecular formula is C88H84F10N14O19. The molecule has 0 N–H and O–H groups in total. The van der Waals surface area contributed by atoms with Gasteiger partial charge in [-0.25, -0.2) is 83.8 Å². The number of rotatable bonds is 24. The number of methoxy groups -OCH3 is 3. The fourth-order valence-corrected chi connectivity index (χ4v) is 15.1. The molecule has 8 fully saturated rings. The Morgan fingerprint density at radius 2 is 0.733 bits per heavy atom. The number of hydrogen-bond acceptors (Lipinski definition) is 23. The van der Waals surface area contributed by atoms with Crippen molar-refractivity contribution < 1.29 is 135 Å². The highest BCUT2D eigenvalue weighted by atomic mass is 19.3. The maximum absolute atomic E-state index is 14.9. The fraction of sp³-hybridized carbons (Fsp3) is 0.364. The molecule has 12 heterocycles. The molecule has 0 aliphatic carbocycles. The second-order valence-corrected chi connectivity index (χ2v) is 31.0. The highest BCUT2D eigenvalue weighted by Gasteiger charge is 2.49. The second kappa shape index (κ2) is 40.4. The van der Waals surface area contributed by atoms with E-state index in [-0.39, 0.29) is 165 Å². The van der Waals surface area contributed by atoms with Crippen molar-refractivity contribution in [3.8, 4) is 44.5 Å². The number of carbonyl (C=O) groups excluding carboxylic acids is 12. The van der Waals surface area contributed by atoms with E-state index in [9.17, 15) is 101 Å².